The van der Waals surface area contributed by atoms with Gasteiger partial charge in [0.2, 0.25) is 5.91 Å². The highest BCUT2D eigenvalue weighted by Crippen LogP contribution is 2.25. The van der Waals surface area contributed by atoms with Crippen molar-refractivity contribution in [2.75, 3.05) is 10.8 Å². The number of halogens is 1. The Kier molecular flexibility index (Phi) is 6.56. The number of aryl methyl sites for hydroxylation is 1. The number of hydrogen-bond acceptors (Lipinski definition) is 3. The first-order valence-corrected chi connectivity index (χ1v) is 10.8. The van der Waals surface area contributed by atoms with Crippen LogP contribution in [0.2, 0.25) is 5.02 Å². The third-order valence-electron chi connectivity index (χ3n) is 4.31. The first-order chi connectivity index (χ1) is 13.9. The van der Waals surface area contributed by atoms with Gasteiger partial charge in [-0.2, -0.15) is 0 Å². The van der Waals surface area contributed by atoms with Crippen LogP contribution in [0.3, 0.4) is 0 Å². The molecule has 1 amide bonds. The lowest BCUT2D eigenvalue weighted by Gasteiger charge is -2.24. The third-order valence-corrected chi connectivity index (χ3v) is 6.35. The summed E-state index contributed by atoms with van der Waals surface area (Å²) >= 11 is 5.94. The largest absolute Gasteiger partial charge is 0.350 e. The topological polar surface area (TPSA) is 66.5 Å². The summed E-state index contributed by atoms with van der Waals surface area (Å²) < 4.78 is 27.5. The Labute approximate surface area is 176 Å². The van der Waals surface area contributed by atoms with Gasteiger partial charge in [0.1, 0.15) is 6.54 Å². The zero-order valence-electron chi connectivity index (χ0n) is 15.9. The van der Waals surface area contributed by atoms with E-state index >= 15 is 0 Å². The van der Waals surface area contributed by atoms with Gasteiger partial charge in [-0.05, 0) is 48.9 Å². The number of anilines is 1. The van der Waals surface area contributed by atoms with E-state index in [0.29, 0.717) is 17.3 Å². The van der Waals surface area contributed by atoms with Gasteiger partial charge >= 0.3 is 0 Å². The summed E-state index contributed by atoms with van der Waals surface area (Å²) in [7, 11) is -3.92. The number of amides is 1. The minimum atomic E-state index is -3.92. The van der Waals surface area contributed by atoms with Crippen LogP contribution in [0.25, 0.3) is 0 Å². The number of carbonyl (C=O) groups excluding carboxylic acids is 1. The first kappa shape index (κ1) is 20.9. The molecule has 0 atom stereocenters. The van der Waals surface area contributed by atoms with Crippen LogP contribution in [0.15, 0.2) is 83.8 Å². The van der Waals surface area contributed by atoms with Gasteiger partial charge in [0.15, 0.2) is 0 Å². The molecule has 0 unspecified atom stereocenters. The standard InChI is InChI=1S/C22H21ClN2O3S/c1-17-6-5-7-18(14-17)15-24-22(26)16-25(20-12-10-19(23)11-13-20)29(27,28)21-8-3-2-4-9-21/h2-14H,15-16H2,1H3,(H,24,26). The van der Waals surface area contributed by atoms with Crippen molar-refractivity contribution in [3.63, 3.8) is 0 Å². The van der Waals surface area contributed by atoms with Crippen LogP contribution in [0.5, 0.6) is 0 Å². The molecule has 0 fully saturated rings. The van der Waals surface area contributed by atoms with Crippen LogP contribution in [0.4, 0.5) is 5.69 Å². The van der Waals surface area contributed by atoms with Gasteiger partial charge in [-0.15, -0.1) is 0 Å². The molecular weight excluding hydrogens is 408 g/mol. The van der Waals surface area contributed by atoms with E-state index in [1.165, 1.54) is 12.1 Å². The molecule has 0 aromatic heterocycles. The highest BCUT2D eigenvalue weighted by Gasteiger charge is 2.27. The number of rotatable bonds is 7. The maximum atomic E-state index is 13.2. The molecule has 0 saturated heterocycles. The number of hydrogen-bond donors (Lipinski definition) is 1. The highest BCUT2D eigenvalue weighted by molar-refractivity contribution is 7.92. The van der Waals surface area contributed by atoms with E-state index in [0.717, 1.165) is 15.4 Å². The Morgan fingerprint density at radius 1 is 0.966 bits per heavy atom. The maximum Gasteiger partial charge on any atom is 0.264 e. The van der Waals surface area contributed by atoms with Gasteiger partial charge < -0.3 is 5.32 Å². The van der Waals surface area contributed by atoms with Crippen molar-refractivity contribution < 1.29 is 13.2 Å². The molecule has 29 heavy (non-hydrogen) atoms. The summed E-state index contributed by atoms with van der Waals surface area (Å²) in [6, 6.07) is 22.1. The molecule has 0 heterocycles. The SMILES string of the molecule is Cc1cccc(CNC(=O)CN(c2ccc(Cl)cc2)S(=O)(=O)c2ccccc2)c1. The van der Waals surface area contributed by atoms with Crippen LogP contribution >= 0.6 is 11.6 Å². The fraction of sp³-hybridized carbons (Fsp3) is 0.136. The fourth-order valence-corrected chi connectivity index (χ4v) is 4.42. The molecule has 0 radical (unpaired) electrons. The van der Waals surface area contributed by atoms with Crippen molar-refractivity contribution in [2.45, 2.75) is 18.4 Å². The molecule has 3 rings (SSSR count). The zero-order valence-corrected chi connectivity index (χ0v) is 17.5. The highest BCUT2D eigenvalue weighted by atomic mass is 35.5. The molecule has 0 aliphatic heterocycles. The second-order valence-corrected chi connectivity index (χ2v) is 8.87. The molecule has 1 N–H and O–H groups in total. The molecule has 150 valence electrons. The van der Waals surface area contributed by atoms with Gasteiger partial charge in [-0.1, -0.05) is 59.6 Å². The smallest absolute Gasteiger partial charge is 0.264 e. The van der Waals surface area contributed by atoms with E-state index in [-0.39, 0.29) is 11.4 Å². The van der Waals surface area contributed by atoms with Gasteiger partial charge in [0, 0.05) is 11.6 Å². The molecule has 7 heteroatoms. The van der Waals surface area contributed by atoms with Crippen LogP contribution in [-0.4, -0.2) is 20.9 Å². The van der Waals surface area contributed by atoms with Gasteiger partial charge in [-0.25, -0.2) is 8.42 Å². The fourth-order valence-electron chi connectivity index (χ4n) is 2.85. The molecule has 3 aromatic rings. The molecule has 0 aliphatic carbocycles. The van der Waals surface area contributed by atoms with Crippen molar-refractivity contribution >= 4 is 33.2 Å². The van der Waals surface area contributed by atoms with E-state index in [9.17, 15) is 13.2 Å². The average molecular weight is 429 g/mol. The van der Waals surface area contributed by atoms with E-state index in [2.05, 4.69) is 5.32 Å². The van der Waals surface area contributed by atoms with Crippen molar-refractivity contribution in [3.05, 3.63) is 95.0 Å². The van der Waals surface area contributed by atoms with E-state index in [1.807, 2.05) is 31.2 Å². The molecule has 0 bridgehead atoms. The quantitative estimate of drug-likeness (QED) is 0.614. The molecule has 0 spiro atoms. The lowest BCUT2D eigenvalue weighted by atomic mass is 10.1. The lowest BCUT2D eigenvalue weighted by molar-refractivity contribution is -0.119. The molecule has 0 saturated carbocycles. The monoisotopic (exact) mass is 428 g/mol. The van der Waals surface area contributed by atoms with Gasteiger partial charge in [0.05, 0.1) is 10.6 Å². The Bertz CT molecular complexity index is 1080. The number of sulfonamides is 1. The predicted molar refractivity (Wildman–Crippen MR) is 115 cm³/mol. The van der Waals surface area contributed by atoms with Gasteiger partial charge in [0.25, 0.3) is 10.0 Å². The zero-order chi connectivity index (χ0) is 20.9. The summed E-state index contributed by atoms with van der Waals surface area (Å²) in [6.07, 6.45) is 0. The molecule has 3 aromatic carbocycles. The van der Waals surface area contributed by atoms with Gasteiger partial charge in [-0.3, -0.25) is 9.10 Å². The molecular formula is C22H21ClN2O3S. The van der Waals surface area contributed by atoms with Crippen molar-refractivity contribution in [1.29, 1.82) is 0 Å². The van der Waals surface area contributed by atoms with E-state index in [4.69, 9.17) is 11.6 Å². The summed E-state index contributed by atoms with van der Waals surface area (Å²) in [5, 5.41) is 3.27. The van der Waals surface area contributed by atoms with Crippen molar-refractivity contribution in [1.82, 2.24) is 5.32 Å². The molecule has 5 nitrogen and oxygen atoms in total. The Morgan fingerprint density at radius 2 is 1.66 bits per heavy atom. The van der Waals surface area contributed by atoms with Crippen LogP contribution in [-0.2, 0) is 21.4 Å². The summed E-state index contributed by atoms with van der Waals surface area (Å²) in [6.45, 7) is 1.95. The summed E-state index contributed by atoms with van der Waals surface area (Å²) in [5.41, 5.74) is 2.40. The molecule has 0 aliphatic rings. The summed E-state index contributed by atoms with van der Waals surface area (Å²) in [5.74, 6) is -0.402. The second kappa shape index (κ2) is 9.11. The normalized spacial score (nSPS) is 11.1. The first-order valence-electron chi connectivity index (χ1n) is 9.02. The minimum absolute atomic E-state index is 0.112. The van der Waals surface area contributed by atoms with Crippen molar-refractivity contribution in [3.8, 4) is 0 Å². The number of carbonyl (C=O) groups is 1. The average Bonchev–Trinajstić information content (AvgIpc) is 2.72. The van der Waals surface area contributed by atoms with Crippen LogP contribution < -0.4 is 9.62 Å². The maximum absolute atomic E-state index is 13.2. The Morgan fingerprint density at radius 3 is 2.31 bits per heavy atom. The lowest BCUT2D eigenvalue weighted by Crippen LogP contribution is -2.40. The van der Waals surface area contributed by atoms with Crippen molar-refractivity contribution in [2.24, 2.45) is 0 Å². The third kappa shape index (κ3) is 5.37. The summed E-state index contributed by atoms with van der Waals surface area (Å²) in [4.78, 5) is 12.7. The number of benzene rings is 3. The number of nitrogens with zero attached hydrogens (tertiary/aromatic N) is 1. The minimum Gasteiger partial charge on any atom is -0.350 e. The Hall–Kier alpha value is -2.83. The number of nitrogens with one attached hydrogen (secondary N) is 1. The second-order valence-electron chi connectivity index (χ2n) is 6.57. The predicted octanol–water partition coefficient (Wildman–Crippen LogP) is 4.16. The van der Waals surface area contributed by atoms with Crippen LogP contribution in [0, 0.1) is 6.92 Å². The van der Waals surface area contributed by atoms with Crippen LogP contribution in [0.1, 0.15) is 11.1 Å². The van der Waals surface area contributed by atoms with E-state index < -0.39 is 15.9 Å². The van der Waals surface area contributed by atoms with E-state index in [1.54, 1.807) is 42.5 Å². The Balaban J connectivity index is 1.83.